The molecule has 0 saturated heterocycles. The molecule has 0 aliphatic heterocycles. The van der Waals surface area contributed by atoms with E-state index < -0.39 is 18.0 Å². The first-order valence-corrected chi connectivity index (χ1v) is 6.80. The lowest BCUT2D eigenvalue weighted by atomic mass is 10.2. The summed E-state index contributed by atoms with van der Waals surface area (Å²) >= 11 is 1.69. The van der Waals surface area contributed by atoms with Crippen molar-refractivity contribution in [2.75, 3.05) is 18.6 Å². The zero-order valence-corrected chi connectivity index (χ0v) is 10.9. The van der Waals surface area contributed by atoms with E-state index >= 15 is 0 Å². The highest BCUT2D eigenvalue weighted by molar-refractivity contribution is 7.98. The quantitative estimate of drug-likeness (QED) is 0.504. The van der Waals surface area contributed by atoms with Gasteiger partial charge in [0, 0.05) is 19.1 Å². The molecule has 0 spiro atoms. The van der Waals surface area contributed by atoms with Gasteiger partial charge in [0.1, 0.15) is 6.04 Å². The van der Waals surface area contributed by atoms with Gasteiger partial charge in [-0.2, -0.15) is 11.8 Å². The maximum Gasteiger partial charge on any atom is 0.326 e. The summed E-state index contributed by atoms with van der Waals surface area (Å²) in [5, 5.41) is 22.4. The molecular weight excluding hydrogens is 244 g/mol. The van der Waals surface area contributed by atoms with Crippen LogP contribution in [-0.2, 0) is 4.79 Å². The monoisotopic (exact) mass is 264 g/mol. The summed E-state index contributed by atoms with van der Waals surface area (Å²) in [6.45, 7) is 1.58. The first-order valence-electron chi connectivity index (χ1n) is 5.40. The molecule has 4 N–H and O–H groups in total. The number of aliphatic carboxylic acids is 1. The Hall–Kier alpha value is -0.950. The van der Waals surface area contributed by atoms with E-state index in [1.165, 1.54) is 0 Å². The van der Waals surface area contributed by atoms with Crippen LogP contribution in [0.3, 0.4) is 0 Å². The smallest absolute Gasteiger partial charge is 0.326 e. The van der Waals surface area contributed by atoms with Gasteiger partial charge in [0.2, 0.25) is 0 Å². The third-order valence-electron chi connectivity index (χ3n) is 2.15. The Morgan fingerprint density at radius 3 is 2.41 bits per heavy atom. The molecule has 6 nitrogen and oxygen atoms in total. The highest BCUT2D eigenvalue weighted by Gasteiger charge is 2.19. The molecule has 0 aliphatic carbocycles. The molecule has 0 bridgehead atoms. The molecule has 0 radical (unpaired) electrons. The molecule has 0 fully saturated rings. The highest BCUT2D eigenvalue weighted by Crippen LogP contribution is 1.99. The van der Waals surface area contributed by atoms with Crippen LogP contribution in [0.1, 0.15) is 19.8 Å². The number of nitrogens with one attached hydrogen (secondary N) is 2. The topological polar surface area (TPSA) is 98.7 Å². The number of aliphatic hydroxyl groups is 1. The van der Waals surface area contributed by atoms with Crippen molar-refractivity contribution in [2.45, 2.75) is 31.8 Å². The lowest BCUT2D eigenvalue weighted by molar-refractivity contribution is -0.139. The first kappa shape index (κ1) is 16.1. The average Bonchev–Trinajstić information content (AvgIpc) is 2.25. The van der Waals surface area contributed by atoms with Crippen LogP contribution < -0.4 is 10.6 Å². The molecule has 2 atom stereocenters. The van der Waals surface area contributed by atoms with Crippen LogP contribution in [0.4, 0.5) is 4.79 Å². The van der Waals surface area contributed by atoms with E-state index in [1.54, 1.807) is 11.8 Å². The Morgan fingerprint density at radius 1 is 1.29 bits per heavy atom. The standard InChI is InChI=1S/C10H20N2O4S/c1-7(4-6-17-2)11-10(16)12-8(3-5-13)9(14)15/h7-8,13H,3-6H2,1-2H3,(H,14,15)(H2,11,12,16). The van der Waals surface area contributed by atoms with E-state index in [9.17, 15) is 9.59 Å². The lowest BCUT2D eigenvalue weighted by Gasteiger charge is -2.17. The van der Waals surface area contributed by atoms with Crippen LogP contribution in [0.15, 0.2) is 0 Å². The van der Waals surface area contributed by atoms with Gasteiger partial charge in [-0.05, 0) is 25.4 Å². The second-order valence-corrected chi connectivity index (χ2v) is 4.69. The van der Waals surface area contributed by atoms with Crippen molar-refractivity contribution in [3.05, 3.63) is 0 Å². The summed E-state index contributed by atoms with van der Waals surface area (Å²) in [4.78, 5) is 22.2. The van der Waals surface area contributed by atoms with Gasteiger partial charge in [0.15, 0.2) is 0 Å². The van der Waals surface area contributed by atoms with Crippen LogP contribution in [0.5, 0.6) is 0 Å². The van der Waals surface area contributed by atoms with E-state index in [0.29, 0.717) is 0 Å². The molecule has 0 heterocycles. The van der Waals surface area contributed by atoms with Gasteiger partial charge in [-0.25, -0.2) is 9.59 Å². The Morgan fingerprint density at radius 2 is 1.94 bits per heavy atom. The third kappa shape index (κ3) is 7.87. The van der Waals surface area contributed by atoms with Crippen molar-refractivity contribution in [1.82, 2.24) is 10.6 Å². The van der Waals surface area contributed by atoms with Crippen molar-refractivity contribution in [3.8, 4) is 0 Å². The fraction of sp³-hybridized carbons (Fsp3) is 0.800. The van der Waals surface area contributed by atoms with Crippen molar-refractivity contribution in [3.63, 3.8) is 0 Å². The van der Waals surface area contributed by atoms with E-state index in [1.807, 2.05) is 13.2 Å². The molecular formula is C10H20N2O4S. The van der Waals surface area contributed by atoms with E-state index in [2.05, 4.69) is 10.6 Å². The van der Waals surface area contributed by atoms with Crippen LogP contribution >= 0.6 is 11.8 Å². The predicted octanol–water partition coefficient (Wildman–Crippen LogP) is 0.263. The van der Waals surface area contributed by atoms with Crippen LogP contribution in [0.2, 0.25) is 0 Å². The van der Waals surface area contributed by atoms with E-state index in [0.717, 1.165) is 12.2 Å². The van der Waals surface area contributed by atoms with Crippen molar-refractivity contribution >= 4 is 23.8 Å². The summed E-state index contributed by atoms with van der Waals surface area (Å²) in [7, 11) is 0. The number of amides is 2. The van der Waals surface area contributed by atoms with Gasteiger partial charge in [0.25, 0.3) is 0 Å². The molecule has 0 aromatic carbocycles. The first-order chi connectivity index (χ1) is 8.01. The Balaban J connectivity index is 4.00. The molecule has 7 heteroatoms. The number of carboxylic acid groups (broad SMARTS) is 1. The molecule has 0 rings (SSSR count). The minimum Gasteiger partial charge on any atom is -0.480 e. The minimum atomic E-state index is -1.15. The van der Waals surface area contributed by atoms with Crippen molar-refractivity contribution < 1.29 is 19.8 Å². The second kappa shape index (κ2) is 9.12. The molecule has 0 aromatic heterocycles. The number of hydrogen-bond donors (Lipinski definition) is 4. The fourth-order valence-corrected chi connectivity index (χ4v) is 1.77. The molecule has 0 saturated carbocycles. The number of hydrogen-bond acceptors (Lipinski definition) is 4. The van der Waals surface area contributed by atoms with Crippen LogP contribution in [0.25, 0.3) is 0 Å². The maximum absolute atomic E-state index is 11.4. The van der Waals surface area contributed by atoms with E-state index in [-0.39, 0.29) is 19.1 Å². The number of carboxylic acids is 1. The molecule has 0 aromatic rings. The second-order valence-electron chi connectivity index (χ2n) is 3.70. The zero-order chi connectivity index (χ0) is 13.3. The van der Waals surface area contributed by atoms with Gasteiger partial charge in [-0.1, -0.05) is 0 Å². The fourth-order valence-electron chi connectivity index (χ4n) is 1.18. The minimum absolute atomic E-state index is 0.00193. The number of aliphatic hydroxyl groups excluding tert-OH is 1. The highest BCUT2D eigenvalue weighted by atomic mass is 32.2. The SMILES string of the molecule is CSCCC(C)NC(=O)NC(CCO)C(=O)O. The van der Waals surface area contributed by atoms with Gasteiger partial charge in [-0.15, -0.1) is 0 Å². The van der Waals surface area contributed by atoms with Gasteiger partial charge < -0.3 is 20.8 Å². The summed E-state index contributed by atoms with van der Waals surface area (Å²) < 4.78 is 0. The van der Waals surface area contributed by atoms with E-state index in [4.69, 9.17) is 10.2 Å². The summed E-state index contributed by atoms with van der Waals surface area (Å²) in [6, 6.07) is -1.57. The Kier molecular flexibility index (Phi) is 8.61. The maximum atomic E-state index is 11.4. The zero-order valence-electron chi connectivity index (χ0n) is 10.1. The van der Waals surface area contributed by atoms with Gasteiger partial charge in [0.05, 0.1) is 0 Å². The third-order valence-corrected chi connectivity index (χ3v) is 2.80. The van der Waals surface area contributed by atoms with Crippen LogP contribution in [-0.4, -0.2) is 52.9 Å². The van der Waals surface area contributed by atoms with Crippen molar-refractivity contribution in [2.24, 2.45) is 0 Å². The summed E-state index contributed by atoms with van der Waals surface area (Å²) in [5.41, 5.74) is 0. The van der Waals surface area contributed by atoms with Crippen LogP contribution in [0, 0.1) is 0 Å². The van der Waals surface area contributed by atoms with Crippen molar-refractivity contribution in [1.29, 1.82) is 0 Å². The average molecular weight is 264 g/mol. The summed E-state index contributed by atoms with van der Waals surface area (Å²) in [5.74, 6) is -0.216. The Labute approximate surface area is 105 Å². The molecule has 2 amide bonds. The number of urea groups is 1. The molecule has 0 aliphatic rings. The van der Waals surface area contributed by atoms with Gasteiger partial charge in [-0.3, -0.25) is 0 Å². The normalized spacial score (nSPS) is 13.8. The number of carbonyl (C=O) groups is 2. The predicted molar refractivity (Wildman–Crippen MR) is 67.3 cm³/mol. The number of carbonyl (C=O) groups excluding carboxylic acids is 1. The molecule has 100 valence electrons. The number of rotatable bonds is 8. The molecule has 17 heavy (non-hydrogen) atoms. The molecule has 2 unspecified atom stereocenters. The largest absolute Gasteiger partial charge is 0.480 e. The Bertz CT molecular complexity index is 250. The summed E-state index contributed by atoms with van der Waals surface area (Å²) in [6.07, 6.45) is 2.81. The number of thioether (sulfide) groups is 1. The van der Waals surface area contributed by atoms with Gasteiger partial charge >= 0.3 is 12.0 Å². The lowest BCUT2D eigenvalue weighted by Crippen LogP contribution is -2.48.